The summed E-state index contributed by atoms with van der Waals surface area (Å²) in [4.78, 5) is 22.8. The molecule has 10 aromatic carbocycles. The summed E-state index contributed by atoms with van der Waals surface area (Å²) in [5, 5.41) is 18.3. The van der Waals surface area contributed by atoms with E-state index in [1.807, 2.05) is 0 Å². The van der Waals surface area contributed by atoms with E-state index in [1.165, 1.54) is 77.4 Å². The van der Waals surface area contributed by atoms with Crippen LogP contribution in [0.1, 0.15) is 25.0 Å². The van der Waals surface area contributed by atoms with Gasteiger partial charge >= 0.3 is 20.1 Å². The number of fused-ring (bicyclic) bond motifs is 15. The van der Waals surface area contributed by atoms with Gasteiger partial charge in [-0.1, -0.05) is 152 Å². The van der Waals surface area contributed by atoms with E-state index in [2.05, 4.69) is 242 Å². The molecule has 5 heterocycles. The van der Waals surface area contributed by atoms with Crippen molar-refractivity contribution in [2.45, 2.75) is 34.6 Å². The van der Waals surface area contributed by atoms with E-state index in [-0.39, 0.29) is 20.1 Å². The van der Waals surface area contributed by atoms with Gasteiger partial charge in [-0.2, -0.15) is 0 Å². The van der Waals surface area contributed by atoms with Crippen LogP contribution in [0.3, 0.4) is 0 Å². The summed E-state index contributed by atoms with van der Waals surface area (Å²) in [6.07, 6.45) is 0. The number of nitrogens with zero attached hydrogens (tertiary/aromatic N) is 5. The van der Waals surface area contributed by atoms with Crippen LogP contribution in [0.15, 0.2) is 182 Å². The van der Waals surface area contributed by atoms with Gasteiger partial charge in [0.2, 0.25) is 0 Å². The first kappa shape index (κ1) is 48.2. The minimum Gasteiger partial charge on any atom is -0.241 e. The summed E-state index contributed by atoms with van der Waals surface area (Å²) in [5.41, 5.74) is 5.72. The molecule has 0 spiro atoms. The molecule has 0 saturated heterocycles. The zero-order chi connectivity index (χ0) is 47.7. The molecule has 0 aliphatic heterocycles. The predicted octanol–water partition coefficient (Wildman–Crippen LogP) is 18.8. The van der Waals surface area contributed by atoms with E-state index in [0.717, 1.165) is 52.6 Å². The average Bonchev–Trinajstić information content (AvgIpc) is 4.24. The third kappa shape index (κ3) is 10.2. The normalized spacial score (nSPS) is 11.1. The Kier molecular flexibility index (Phi) is 14.4. The molecule has 346 valence electrons. The van der Waals surface area contributed by atoms with Crippen molar-refractivity contribution in [1.29, 1.82) is 0 Å². The second kappa shape index (κ2) is 21.1. The zero-order valence-corrected chi connectivity index (χ0v) is 45.9. The fourth-order valence-corrected chi connectivity index (χ4v) is 13.1. The van der Waals surface area contributed by atoms with E-state index in [1.54, 1.807) is 56.7 Å². The number of thiazole rings is 5. The number of aryl methyl sites for hydroxylation is 5. The molecule has 11 heteroatoms. The Balaban J connectivity index is 0.000000102. The molecule has 0 unspecified atom stereocenters. The quantitative estimate of drug-likeness (QED) is 0.151. The van der Waals surface area contributed by atoms with Crippen LogP contribution in [0.4, 0.5) is 0 Å². The van der Waals surface area contributed by atoms with Crippen molar-refractivity contribution in [3.05, 3.63) is 207 Å². The van der Waals surface area contributed by atoms with Gasteiger partial charge in [0, 0.05) is 26.9 Å². The van der Waals surface area contributed by atoms with Gasteiger partial charge in [0.1, 0.15) is 0 Å². The molecule has 0 N–H and O–H groups in total. The Morgan fingerprint density at radius 2 is 0.394 bits per heavy atom. The zero-order valence-electron chi connectivity index (χ0n) is 39.4. The van der Waals surface area contributed by atoms with Crippen LogP contribution in [0.25, 0.3) is 105 Å². The summed E-state index contributed by atoms with van der Waals surface area (Å²) in [6, 6.07) is 63.6. The molecule has 0 amide bonds. The van der Waals surface area contributed by atoms with Crippen molar-refractivity contribution in [2.75, 3.05) is 0 Å². The number of hydrogen-bond acceptors (Lipinski definition) is 10. The minimum absolute atomic E-state index is 0. The summed E-state index contributed by atoms with van der Waals surface area (Å²) in [6.45, 7) is 10.3. The van der Waals surface area contributed by atoms with Gasteiger partial charge in [0.25, 0.3) is 0 Å². The standard InChI is InChI=1S/5C12H9NS.Ir/c5*1-8-13-12-10-5-3-2-4-9(10)6-7-11(12)14-8;/h5*2-7H,1H3;/q;;;;;+3. The maximum atomic E-state index is 4.56. The van der Waals surface area contributed by atoms with E-state index < -0.39 is 0 Å². The maximum Gasteiger partial charge on any atom is 3.00 e. The van der Waals surface area contributed by atoms with Crippen LogP contribution < -0.4 is 0 Å². The molecular weight excluding hydrogens is 1140 g/mol. The third-order valence-corrected chi connectivity index (χ3v) is 16.6. The van der Waals surface area contributed by atoms with Gasteiger partial charge in [0.05, 0.1) is 76.1 Å². The Morgan fingerprint density at radius 1 is 0.225 bits per heavy atom. The average molecular weight is 1190 g/mol. The van der Waals surface area contributed by atoms with Gasteiger partial charge in [-0.3, -0.25) is 0 Å². The van der Waals surface area contributed by atoms with Crippen molar-refractivity contribution in [3.8, 4) is 0 Å². The summed E-state index contributed by atoms with van der Waals surface area (Å²) in [7, 11) is 0. The molecule has 0 radical (unpaired) electrons. The fourth-order valence-electron chi connectivity index (χ4n) is 8.86. The van der Waals surface area contributed by atoms with Gasteiger partial charge < -0.3 is 0 Å². The van der Waals surface area contributed by atoms with Crippen molar-refractivity contribution in [1.82, 2.24) is 24.9 Å². The van der Waals surface area contributed by atoms with Crippen LogP contribution in [-0.2, 0) is 20.1 Å². The van der Waals surface area contributed by atoms with Crippen LogP contribution in [0.2, 0.25) is 0 Å². The largest absolute Gasteiger partial charge is 3.00 e. The van der Waals surface area contributed by atoms with Gasteiger partial charge in [-0.05, 0) is 91.9 Å². The van der Waals surface area contributed by atoms with Crippen molar-refractivity contribution >= 4 is 162 Å². The van der Waals surface area contributed by atoms with E-state index in [0.29, 0.717) is 0 Å². The molecule has 15 rings (SSSR count). The van der Waals surface area contributed by atoms with Gasteiger partial charge in [-0.25, -0.2) is 24.9 Å². The first-order valence-electron chi connectivity index (χ1n) is 23.0. The number of hydrogen-bond donors (Lipinski definition) is 0. The molecule has 0 fully saturated rings. The van der Waals surface area contributed by atoms with Crippen molar-refractivity contribution in [3.63, 3.8) is 0 Å². The van der Waals surface area contributed by atoms with Crippen molar-refractivity contribution < 1.29 is 20.1 Å². The molecular formula is C60H45IrN5S5+3. The van der Waals surface area contributed by atoms with E-state index >= 15 is 0 Å². The Morgan fingerprint density at radius 3 is 0.577 bits per heavy atom. The van der Waals surface area contributed by atoms with Gasteiger partial charge in [-0.15, -0.1) is 56.7 Å². The molecule has 71 heavy (non-hydrogen) atoms. The van der Waals surface area contributed by atoms with Crippen LogP contribution in [0, 0.1) is 34.6 Å². The fraction of sp³-hybridized carbons (Fsp3) is 0.0833. The molecule has 15 aromatic rings. The van der Waals surface area contributed by atoms with E-state index in [9.17, 15) is 0 Å². The van der Waals surface area contributed by atoms with Crippen molar-refractivity contribution in [2.24, 2.45) is 0 Å². The van der Waals surface area contributed by atoms with Crippen LogP contribution in [-0.4, -0.2) is 24.9 Å². The molecule has 0 aliphatic carbocycles. The summed E-state index contributed by atoms with van der Waals surface area (Å²) >= 11 is 8.78. The van der Waals surface area contributed by atoms with E-state index in [4.69, 9.17) is 0 Å². The number of rotatable bonds is 0. The first-order chi connectivity index (χ1) is 34.2. The molecule has 5 nitrogen and oxygen atoms in total. The van der Waals surface area contributed by atoms with Crippen LogP contribution >= 0.6 is 56.7 Å². The number of aromatic nitrogens is 5. The SMILES string of the molecule is Cc1nc2c(ccc3ccccc32)s1.Cc1nc2c(ccc3ccccc32)s1.Cc1nc2c(ccc3ccccc32)s1.Cc1nc2c(ccc3ccccc32)s1.Cc1nc2c(ccc3ccccc32)s1.[Ir+3]. The Bertz CT molecular complexity index is 3710. The second-order valence-corrected chi connectivity index (χ2v) is 23.0. The first-order valence-corrected chi connectivity index (χ1v) is 27.0. The Hall–Kier alpha value is -6.40. The minimum atomic E-state index is 0. The summed E-state index contributed by atoms with van der Waals surface area (Å²) < 4.78 is 6.39. The summed E-state index contributed by atoms with van der Waals surface area (Å²) in [5.74, 6) is 0. The topological polar surface area (TPSA) is 64.5 Å². The molecule has 5 aromatic heterocycles. The predicted molar refractivity (Wildman–Crippen MR) is 309 cm³/mol. The molecule has 0 atom stereocenters. The molecule has 0 bridgehead atoms. The third-order valence-electron chi connectivity index (χ3n) is 12.0. The molecule has 0 saturated carbocycles. The molecule has 0 aliphatic rings. The van der Waals surface area contributed by atoms with Gasteiger partial charge in [0.15, 0.2) is 0 Å². The maximum absolute atomic E-state index is 4.56. The number of benzene rings is 10. The Labute approximate surface area is 444 Å². The second-order valence-electron chi connectivity index (χ2n) is 16.8. The monoisotopic (exact) mass is 1190 g/mol. The smallest absolute Gasteiger partial charge is 0.241 e. The van der Waals surface area contributed by atoms with Crippen LogP contribution in [0.5, 0.6) is 0 Å².